The maximum absolute atomic E-state index is 12.3. The molecule has 0 saturated carbocycles. The highest BCUT2D eigenvalue weighted by atomic mass is 16.1. The Morgan fingerprint density at radius 2 is 1.95 bits per heavy atom. The number of aromatic nitrogens is 1. The van der Waals surface area contributed by atoms with E-state index in [1.165, 1.54) is 5.56 Å². The van der Waals surface area contributed by atoms with E-state index in [0.717, 1.165) is 17.2 Å². The van der Waals surface area contributed by atoms with Crippen molar-refractivity contribution in [3.05, 3.63) is 46.4 Å². The van der Waals surface area contributed by atoms with E-state index in [4.69, 9.17) is 5.73 Å². The van der Waals surface area contributed by atoms with Crippen molar-refractivity contribution < 1.29 is 0 Å². The highest BCUT2D eigenvalue weighted by Crippen LogP contribution is 2.24. The van der Waals surface area contributed by atoms with Crippen LogP contribution < -0.4 is 11.3 Å². The van der Waals surface area contributed by atoms with Crippen LogP contribution in [0.5, 0.6) is 0 Å². The van der Waals surface area contributed by atoms with Crippen LogP contribution in [0.2, 0.25) is 0 Å². The van der Waals surface area contributed by atoms with Gasteiger partial charge in [0.15, 0.2) is 0 Å². The molecule has 2 N–H and O–H groups in total. The van der Waals surface area contributed by atoms with E-state index < -0.39 is 0 Å². The molecule has 1 aromatic carbocycles. The van der Waals surface area contributed by atoms with Crippen LogP contribution in [-0.4, -0.2) is 11.1 Å². The smallest absolute Gasteiger partial charge is 0.258 e. The summed E-state index contributed by atoms with van der Waals surface area (Å²) in [4.78, 5) is 12.3. The average Bonchev–Trinajstić information content (AvgIpc) is 2.36. The van der Waals surface area contributed by atoms with E-state index >= 15 is 0 Å². The third kappa shape index (κ3) is 2.87. The molecule has 3 heteroatoms. The molecule has 2 aromatic rings. The summed E-state index contributed by atoms with van der Waals surface area (Å²) in [7, 11) is 0. The lowest BCUT2D eigenvalue weighted by Gasteiger charge is -2.19. The summed E-state index contributed by atoms with van der Waals surface area (Å²) in [6.45, 7) is 7.82. The second kappa shape index (κ2) is 5.17. The van der Waals surface area contributed by atoms with Crippen molar-refractivity contribution in [2.75, 3.05) is 6.54 Å². The minimum Gasteiger partial charge on any atom is -0.330 e. The van der Waals surface area contributed by atoms with Crippen molar-refractivity contribution in [3.8, 4) is 0 Å². The van der Waals surface area contributed by atoms with Crippen LogP contribution in [0.4, 0.5) is 0 Å². The largest absolute Gasteiger partial charge is 0.330 e. The van der Waals surface area contributed by atoms with Crippen LogP contribution in [0.25, 0.3) is 10.8 Å². The van der Waals surface area contributed by atoms with Gasteiger partial charge in [-0.05, 0) is 41.5 Å². The zero-order chi connectivity index (χ0) is 14.0. The second-order valence-electron chi connectivity index (χ2n) is 6.01. The predicted octanol–water partition coefficient (Wildman–Crippen LogP) is 2.65. The summed E-state index contributed by atoms with van der Waals surface area (Å²) >= 11 is 0. The lowest BCUT2D eigenvalue weighted by atomic mass is 9.86. The van der Waals surface area contributed by atoms with Crippen molar-refractivity contribution in [2.24, 2.45) is 5.73 Å². The fraction of sp³-hybridized carbons (Fsp3) is 0.438. The van der Waals surface area contributed by atoms with Gasteiger partial charge in [0.1, 0.15) is 0 Å². The first kappa shape index (κ1) is 13.8. The Labute approximate surface area is 114 Å². The number of benzene rings is 1. The van der Waals surface area contributed by atoms with Gasteiger partial charge < -0.3 is 10.3 Å². The minimum absolute atomic E-state index is 0.0754. The Hall–Kier alpha value is -1.61. The highest BCUT2D eigenvalue weighted by molar-refractivity contribution is 5.82. The summed E-state index contributed by atoms with van der Waals surface area (Å²) in [5.74, 6) is 0. The monoisotopic (exact) mass is 258 g/mol. The molecule has 1 aromatic heterocycles. The molecule has 0 radical (unpaired) electrons. The molecule has 102 valence electrons. The molecule has 19 heavy (non-hydrogen) atoms. The number of nitrogens with zero attached hydrogens (tertiary/aromatic N) is 1. The number of pyridine rings is 1. The third-order valence-corrected chi connectivity index (χ3v) is 3.45. The standard InChI is InChI=1S/C16H22N2O/c1-16(2,3)13-5-6-14-12(11-13)7-10-18(15(14)19)9-4-8-17/h5-7,10-11H,4,8-9,17H2,1-3H3. The normalized spacial score (nSPS) is 12.0. The molecule has 0 amide bonds. The Kier molecular flexibility index (Phi) is 3.76. The van der Waals surface area contributed by atoms with Gasteiger partial charge >= 0.3 is 0 Å². The SMILES string of the molecule is CC(C)(C)c1ccc2c(=O)n(CCCN)ccc2c1. The summed E-state index contributed by atoms with van der Waals surface area (Å²) in [5, 5.41) is 1.80. The van der Waals surface area contributed by atoms with E-state index in [9.17, 15) is 4.79 Å². The fourth-order valence-electron chi connectivity index (χ4n) is 2.19. The molecule has 0 aliphatic heterocycles. The van der Waals surface area contributed by atoms with Crippen LogP contribution >= 0.6 is 0 Å². The van der Waals surface area contributed by atoms with Crippen molar-refractivity contribution in [2.45, 2.75) is 39.2 Å². The van der Waals surface area contributed by atoms with Gasteiger partial charge in [0.05, 0.1) is 0 Å². The molecule has 0 aliphatic rings. The van der Waals surface area contributed by atoms with Gasteiger partial charge in [-0.3, -0.25) is 4.79 Å². The third-order valence-electron chi connectivity index (χ3n) is 3.45. The molecule has 0 saturated heterocycles. The molecule has 0 aliphatic carbocycles. The van der Waals surface area contributed by atoms with E-state index in [0.29, 0.717) is 13.1 Å². The summed E-state index contributed by atoms with van der Waals surface area (Å²) in [6.07, 6.45) is 2.69. The molecule has 2 rings (SSSR count). The molecule has 0 fully saturated rings. The first-order valence-corrected chi connectivity index (χ1v) is 6.77. The number of rotatable bonds is 3. The van der Waals surface area contributed by atoms with Gasteiger partial charge in [-0.15, -0.1) is 0 Å². The van der Waals surface area contributed by atoms with E-state index in [1.54, 1.807) is 4.57 Å². The molecule has 0 spiro atoms. The molecule has 0 unspecified atom stereocenters. The van der Waals surface area contributed by atoms with Crippen molar-refractivity contribution in [1.29, 1.82) is 0 Å². The van der Waals surface area contributed by atoms with Crippen LogP contribution in [0, 0.1) is 0 Å². The summed E-state index contributed by atoms with van der Waals surface area (Å²) in [5.41, 5.74) is 6.92. The zero-order valence-corrected chi connectivity index (χ0v) is 11.9. The van der Waals surface area contributed by atoms with Gasteiger partial charge in [-0.1, -0.05) is 32.9 Å². The van der Waals surface area contributed by atoms with Crippen molar-refractivity contribution in [1.82, 2.24) is 4.57 Å². The first-order chi connectivity index (χ1) is 8.93. The topological polar surface area (TPSA) is 48.0 Å². The molecular weight excluding hydrogens is 236 g/mol. The number of nitrogens with two attached hydrogens (primary N) is 1. The fourth-order valence-corrected chi connectivity index (χ4v) is 2.19. The van der Waals surface area contributed by atoms with Crippen LogP contribution in [0.15, 0.2) is 35.3 Å². The summed E-state index contributed by atoms with van der Waals surface area (Å²) < 4.78 is 1.74. The molecular formula is C16H22N2O. The Bertz CT molecular complexity index is 635. The predicted molar refractivity (Wildman–Crippen MR) is 80.6 cm³/mol. The van der Waals surface area contributed by atoms with Crippen LogP contribution in [0.3, 0.4) is 0 Å². The van der Waals surface area contributed by atoms with Gasteiger partial charge in [-0.2, -0.15) is 0 Å². The molecule has 3 nitrogen and oxygen atoms in total. The highest BCUT2D eigenvalue weighted by Gasteiger charge is 2.14. The minimum atomic E-state index is 0.0754. The number of hydrogen-bond acceptors (Lipinski definition) is 2. The maximum atomic E-state index is 12.3. The Balaban J connectivity index is 2.51. The van der Waals surface area contributed by atoms with Crippen molar-refractivity contribution >= 4 is 10.8 Å². The summed E-state index contributed by atoms with van der Waals surface area (Å²) in [6, 6.07) is 8.13. The van der Waals surface area contributed by atoms with Gasteiger partial charge in [0, 0.05) is 18.1 Å². The molecule has 0 bridgehead atoms. The Morgan fingerprint density at radius 3 is 2.58 bits per heavy atom. The quantitative estimate of drug-likeness (QED) is 0.920. The van der Waals surface area contributed by atoms with Gasteiger partial charge in [0.25, 0.3) is 5.56 Å². The van der Waals surface area contributed by atoms with Gasteiger partial charge in [-0.25, -0.2) is 0 Å². The first-order valence-electron chi connectivity index (χ1n) is 6.77. The zero-order valence-electron chi connectivity index (χ0n) is 11.9. The maximum Gasteiger partial charge on any atom is 0.258 e. The van der Waals surface area contributed by atoms with Gasteiger partial charge in [0.2, 0.25) is 0 Å². The van der Waals surface area contributed by atoms with Crippen molar-refractivity contribution in [3.63, 3.8) is 0 Å². The average molecular weight is 258 g/mol. The Morgan fingerprint density at radius 1 is 1.21 bits per heavy atom. The van der Waals surface area contributed by atoms with E-state index in [2.05, 4.69) is 32.9 Å². The molecule has 0 atom stereocenters. The lowest BCUT2D eigenvalue weighted by Crippen LogP contribution is -2.21. The van der Waals surface area contributed by atoms with E-state index in [-0.39, 0.29) is 11.0 Å². The number of hydrogen-bond donors (Lipinski definition) is 1. The van der Waals surface area contributed by atoms with Crippen LogP contribution in [0.1, 0.15) is 32.8 Å². The number of fused-ring (bicyclic) bond motifs is 1. The van der Waals surface area contributed by atoms with Crippen LogP contribution in [-0.2, 0) is 12.0 Å². The molecule has 1 heterocycles. The number of aryl methyl sites for hydroxylation is 1. The second-order valence-corrected chi connectivity index (χ2v) is 6.01. The lowest BCUT2D eigenvalue weighted by molar-refractivity contribution is 0.591. The van der Waals surface area contributed by atoms with E-state index in [1.807, 2.05) is 18.3 Å².